The molecule has 0 aromatic heterocycles. The lowest BCUT2D eigenvalue weighted by atomic mass is 10.0. The van der Waals surface area contributed by atoms with Gasteiger partial charge in [0.15, 0.2) is 0 Å². The second-order valence-electron chi connectivity index (χ2n) is 2.81. The summed E-state index contributed by atoms with van der Waals surface area (Å²) in [6.45, 7) is 3.91. The maximum absolute atomic E-state index is 10.5. The summed E-state index contributed by atoms with van der Waals surface area (Å²) in [6, 6.07) is -0.912. The number of carbonyl (C=O) groups is 1. The number of carboxylic acid groups (broad SMARTS) is 1. The third-order valence-corrected chi connectivity index (χ3v) is 1.80. The van der Waals surface area contributed by atoms with Crippen LogP contribution in [0.3, 0.4) is 0 Å². The molecule has 0 amide bonds. The monoisotopic (exact) mass is 171 g/mol. The number of carboxylic acids is 1. The van der Waals surface area contributed by atoms with E-state index in [1.807, 2.05) is 13.8 Å². The van der Waals surface area contributed by atoms with E-state index in [1.54, 1.807) is 0 Å². The molecule has 5 nitrogen and oxygen atoms in total. The molecule has 0 aromatic rings. The topological polar surface area (TPSA) is 86.1 Å². The molecule has 0 aliphatic heterocycles. The molecule has 68 valence electrons. The Morgan fingerprint density at radius 2 is 2.33 bits per heavy atom. The average molecular weight is 171 g/mol. The predicted molar refractivity (Wildman–Crippen MR) is 44.6 cm³/mol. The van der Waals surface area contributed by atoms with Gasteiger partial charge in [-0.3, -0.25) is 4.79 Å². The van der Waals surface area contributed by atoms with E-state index >= 15 is 0 Å². The fourth-order valence-corrected chi connectivity index (χ4v) is 0.807. The van der Waals surface area contributed by atoms with E-state index in [0.29, 0.717) is 6.42 Å². The highest BCUT2D eigenvalue weighted by molar-refractivity contribution is 5.73. The van der Waals surface area contributed by atoms with Crippen LogP contribution in [0.15, 0.2) is 5.11 Å². The molecule has 0 saturated heterocycles. The average Bonchev–Trinajstić information content (AvgIpc) is 2.03. The highest BCUT2D eigenvalue weighted by Gasteiger charge is 2.17. The van der Waals surface area contributed by atoms with Crippen molar-refractivity contribution in [1.82, 2.24) is 0 Å². The van der Waals surface area contributed by atoms with Crippen molar-refractivity contribution in [2.45, 2.75) is 32.7 Å². The summed E-state index contributed by atoms with van der Waals surface area (Å²) in [5.74, 6) is -0.773. The minimum absolute atomic E-state index is 0.275. The predicted octanol–water partition coefficient (Wildman–Crippen LogP) is 2.19. The van der Waals surface area contributed by atoms with Crippen LogP contribution < -0.4 is 0 Å². The summed E-state index contributed by atoms with van der Waals surface area (Å²) in [4.78, 5) is 13.0. The fourth-order valence-electron chi connectivity index (χ4n) is 0.807. The first-order valence-electron chi connectivity index (χ1n) is 3.88. The molecule has 12 heavy (non-hydrogen) atoms. The van der Waals surface area contributed by atoms with Crippen molar-refractivity contribution in [1.29, 1.82) is 0 Å². The Labute approximate surface area is 71.0 Å². The van der Waals surface area contributed by atoms with Crippen LogP contribution in [0, 0.1) is 5.92 Å². The van der Waals surface area contributed by atoms with E-state index in [2.05, 4.69) is 10.0 Å². The molecule has 1 N–H and O–H groups in total. The molecule has 0 aliphatic carbocycles. The maximum atomic E-state index is 10.5. The zero-order chi connectivity index (χ0) is 9.56. The number of rotatable bonds is 5. The first kappa shape index (κ1) is 10.8. The van der Waals surface area contributed by atoms with Crippen LogP contribution in [0.2, 0.25) is 0 Å². The van der Waals surface area contributed by atoms with Gasteiger partial charge < -0.3 is 5.11 Å². The molecule has 0 fully saturated rings. The summed E-state index contributed by atoms with van der Waals surface area (Å²) >= 11 is 0. The van der Waals surface area contributed by atoms with Gasteiger partial charge >= 0.3 is 5.97 Å². The maximum Gasteiger partial charge on any atom is 0.312 e. The summed E-state index contributed by atoms with van der Waals surface area (Å²) in [5.41, 5.74) is 8.07. The van der Waals surface area contributed by atoms with Gasteiger partial charge in [0, 0.05) is 4.91 Å². The van der Waals surface area contributed by atoms with Crippen molar-refractivity contribution >= 4 is 5.97 Å². The quantitative estimate of drug-likeness (QED) is 0.390. The van der Waals surface area contributed by atoms with Crippen molar-refractivity contribution in [3.05, 3.63) is 10.4 Å². The van der Waals surface area contributed by atoms with E-state index < -0.39 is 12.0 Å². The Morgan fingerprint density at radius 1 is 1.75 bits per heavy atom. The molecule has 5 heteroatoms. The van der Waals surface area contributed by atoms with Crippen LogP contribution in [0.5, 0.6) is 0 Å². The van der Waals surface area contributed by atoms with Crippen LogP contribution in [-0.4, -0.2) is 17.1 Å². The fraction of sp³-hybridized carbons (Fsp3) is 0.857. The number of azide groups is 1. The normalized spacial score (nSPS) is 14.5. The lowest BCUT2D eigenvalue weighted by molar-refractivity contribution is -0.138. The summed E-state index contributed by atoms with van der Waals surface area (Å²) < 4.78 is 0. The van der Waals surface area contributed by atoms with Gasteiger partial charge in [-0.2, -0.15) is 0 Å². The molecule has 0 aromatic carbocycles. The lowest BCUT2D eigenvalue weighted by Gasteiger charge is -2.10. The molecule has 0 aliphatic rings. The highest BCUT2D eigenvalue weighted by atomic mass is 16.4. The lowest BCUT2D eigenvalue weighted by Crippen LogP contribution is -2.19. The van der Waals surface area contributed by atoms with Gasteiger partial charge in [-0.1, -0.05) is 25.4 Å². The van der Waals surface area contributed by atoms with Crippen molar-refractivity contribution in [3.63, 3.8) is 0 Å². The number of hydrogen-bond acceptors (Lipinski definition) is 2. The smallest absolute Gasteiger partial charge is 0.312 e. The molecule has 0 radical (unpaired) electrons. The zero-order valence-electron chi connectivity index (χ0n) is 7.27. The molecule has 0 spiro atoms. The third kappa shape index (κ3) is 3.83. The Morgan fingerprint density at radius 3 is 2.67 bits per heavy atom. The van der Waals surface area contributed by atoms with E-state index in [4.69, 9.17) is 10.6 Å². The van der Waals surface area contributed by atoms with E-state index in [0.717, 1.165) is 6.42 Å². The molecular formula is C7H13N3O2. The molecular weight excluding hydrogens is 158 g/mol. The first-order valence-corrected chi connectivity index (χ1v) is 3.88. The van der Waals surface area contributed by atoms with Gasteiger partial charge in [-0.15, -0.1) is 0 Å². The van der Waals surface area contributed by atoms with Gasteiger partial charge in [0.25, 0.3) is 0 Å². The molecule has 0 saturated carbocycles. The third-order valence-electron chi connectivity index (χ3n) is 1.80. The van der Waals surface area contributed by atoms with Crippen molar-refractivity contribution < 1.29 is 9.90 Å². The molecule has 0 bridgehead atoms. The zero-order valence-corrected chi connectivity index (χ0v) is 7.27. The van der Waals surface area contributed by atoms with E-state index in [1.165, 1.54) is 0 Å². The van der Waals surface area contributed by atoms with Gasteiger partial charge in [0.1, 0.15) is 6.04 Å². The summed E-state index contributed by atoms with van der Waals surface area (Å²) in [6.07, 6.45) is 1.31. The van der Waals surface area contributed by atoms with Crippen LogP contribution in [0.4, 0.5) is 0 Å². The summed E-state index contributed by atoms with van der Waals surface area (Å²) in [5, 5.41) is 11.8. The Bertz CT molecular complexity index is 197. The minimum Gasteiger partial charge on any atom is -0.481 e. The second-order valence-corrected chi connectivity index (χ2v) is 2.81. The van der Waals surface area contributed by atoms with Crippen LogP contribution >= 0.6 is 0 Å². The van der Waals surface area contributed by atoms with Gasteiger partial charge in [0.2, 0.25) is 0 Å². The van der Waals surface area contributed by atoms with Gasteiger partial charge in [-0.05, 0) is 17.9 Å². The van der Waals surface area contributed by atoms with E-state index in [9.17, 15) is 4.79 Å². The minimum atomic E-state index is -1.05. The van der Waals surface area contributed by atoms with Crippen LogP contribution in [0.25, 0.3) is 10.4 Å². The van der Waals surface area contributed by atoms with Crippen molar-refractivity contribution in [2.75, 3.05) is 0 Å². The molecule has 0 rings (SSSR count). The Hall–Kier alpha value is -1.22. The highest BCUT2D eigenvalue weighted by Crippen LogP contribution is 2.12. The Kier molecular flexibility index (Phi) is 4.88. The number of nitrogens with zero attached hydrogens (tertiary/aromatic N) is 3. The Balaban J connectivity index is 4.13. The van der Waals surface area contributed by atoms with Crippen molar-refractivity contribution in [2.24, 2.45) is 11.0 Å². The molecule has 2 atom stereocenters. The standard InChI is InChI=1S/C7H13N3O2/c1-3-5(2)4-6(7(11)12)9-10-8/h5-6H,3-4H2,1-2H3,(H,11,12)/t5-,6+/m1/s1. The van der Waals surface area contributed by atoms with Gasteiger partial charge in [-0.25, -0.2) is 0 Å². The number of hydrogen-bond donors (Lipinski definition) is 1. The van der Waals surface area contributed by atoms with Crippen LogP contribution in [0.1, 0.15) is 26.7 Å². The molecule has 0 heterocycles. The number of aliphatic carboxylic acids is 1. The SMILES string of the molecule is CC[C@@H](C)C[C@H](N=[N+]=[N-])C(=O)O. The van der Waals surface area contributed by atoms with Gasteiger partial charge in [0.05, 0.1) is 0 Å². The summed E-state index contributed by atoms with van der Waals surface area (Å²) in [7, 11) is 0. The second kappa shape index (κ2) is 5.43. The largest absolute Gasteiger partial charge is 0.481 e. The first-order chi connectivity index (χ1) is 5.61. The molecule has 0 unspecified atom stereocenters. The van der Waals surface area contributed by atoms with E-state index in [-0.39, 0.29) is 5.92 Å². The van der Waals surface area contributed by atoms with Crippen LogP contribution in [-0.2, 0) is 4.79 Å². The van der Waals surface area contributed by atoms with Crippen molar-refractivity contribution in [3.8, 4) is 0 Å².